The molecule has 6 rings (SSSR count). The van der Waals surface area contributed by atoms with Crippen LogP contribution in [0.2, 0.25) is 0 Å². The van der Waals surface area contributed by atoms with E-state index in [-0.39, 0.29) is 0 Å². The third kappa shape index (κ3) is 3.02. The molecule has 154 valence electrons. The molecule has 3 N–H and O–H groups in total. The lowest BCUT2D eigenvalue weighted by molar-refractivity contribution is 0.453. The van der Waals surface area contributed by atoms with Crippen molar-refractivity contribution in [2.75, 3.05) is 31.1 Å². The van der Waals surface area contributed by atoms with Gasteiger partial charge in [0.25, 0.3) is 0 Å². The number of pyridine rings is 2. The van der Waals surface area contributed by atoms with Gasteiger partial charge in [-0.3, -0.25) is 10.1 Å². The molecule has 2 aliphatic rings. The third-order valence-corrected chi connectivity index (χ3v) is 6.49. The van der Waals surface area contributed by atoms with E-state index in [2.05, 4.69) is 36.4 Å². The molecule has 0 spiro atoms. The van der Waals surface area contributed by atoms with E-state index in [0.717, 1.165) is 84.0 Å². The van der Waals surface area contributed by atoms with Crippen LogP contribution in [0, 0.1) is 0 Å². The maximum atomic E-state index is 4.95. The van der Waals surface area contributed by atoms with Crippen LogP contribution in [0.5, 0.6) is 0 Å². The number of piperidine rings is 2. The highest BCUT2D eigenvalue weighted by Crippen LogP contribution is 2.32. The molecule has 30 heavy (non-hydrogen) atoms. The largest absolute Gasteiger partial charge is 0.355 e. The molecule has 2 aliphatic heterocycles. The van der Waals surface area contributed by atoms with Crippen molar-refractivity contribution in [2.45, 2.75) is 38.0 Å². The Labute approximate surface area is 174 Å². The van der Waals surface area contributed by atoms with Crippen LogP contribution in [0.25, 0.3) is 33.5 Å². The molecule has 6 heterocycles. The number of nitrogens with one attached hydrogen (secondary N) is 3. The standard InChI is InChI=1S/C22H26N8/c1-2-10-30(11-3-1)22-20-16(6-9-24-22)26-21(27-20)19-15-12-17(14-4-7-23-8-5-14)25-13-18(15)28-29-19/h6,9,12-14,23H,1-5,7-8,10-11H2,(H,26,27)(H,28,29). The number of hydrogen-bond acceptors (Lipinski definition) is 6. The summed E-state index contributed by atoms with van der Waals surface area (Å²) >= 11 is 0. The molecule has 0 atom stereocenters. The first-order valence-corrected chi connectivity index (χ1v) is 11.0. The number of anilines is 1. The van der Waals surface area contributed by atoms with Crippen LogP contribution in [0.4, 0.5) is 5.82 Å². The second-order valence-electron chi connectivity index (χ2n) is 8.42. The molecule has 0 aliphatic carbocycles. The smallest absolute Gasteiger partial charge is 0.159 e. The Morgan fingerprint density at radius 1 is 1.00 bits per heavy atom. The van der Waals surface area contributed by atoms with Crippen LogP contribution in [-0.4, -0.2) is 56.3 Å². The summed E-state index contributed by atoms with van der Waals surface area (Å²) in [6.45, 7) is 4.20. The Morgan fingerprint density at radius 3 is 2.73 bits per heavy atom. The van der Waals surface area contributed by atoms with Crippen molar-refractivity contribution in [1.82, 2.24) is 35.5 Å². The molecule has 0 unspecified atom stereocenters. The van der Waals surface area contributed by atoms with Gasteiger partial charge in [0.2, 0.25) is 0 Å². The van der Waals surface area contributed by atoms with Gasteiger partial charge in [-0.05, 0) is 57.3 Å². The van der Waals surface area contributed by atoms with Crippen molar-refractivity contribution in [3.63, 3.8) is 0 Å². The Morgan fingerprint density at radius 2 is 1.87 bits per heavy atom. The van der Waals surface area contributed by atoms with Crippen LogP contribution in [0.15, 0.2) is 24.5 Å². The number of rotatable bonds is 3. The molecule has 4 aromatic heterocycles. The summed E-state index contributed by atoms with van der Waals surface area (Å²) in [5.74, 6) is 2.26. The minimum atomic E-state index is 0.504. The van der Waals surface area contributed by atoms with Gasteiger partial charge < -0.3 is 15.2 Å². The zero-order valence-corrected chi connectivity index (χ0v) is 17.0. The monoisotopic (exact) mass is 402 g/mol. The molecular weight excluding hydrogens is 376 g/mol. The molecule has 4 aromatic rings. The molecule has 2 saturated heterocycles. The van der Waals surface area contributed by atoms with Crippen molar-refractivity contribution in [3.05, 3.63) is 30.2 Å². The van der Waals surface area contributed by atoms with Gasteiger partial charge in [-0.1, -0.05) is 0 Å². The second kappa shape index (κ2) is 7.36. The summed E-state index contributed by atoms with van der Waals surface area (Å²) in [5.41, 5.74) is 4.88. The van der Waals surface area contributed by atoms with Crippen LogP contribution in [-0.2, 0) is 0 Å². The van der Waals surface area contributed by atoms with Crippen molar-refractivity contribution >= 4 is 27.8 Å². The van der Waals surface area contributed by atoms with Gasteiger partial charge in [0.15, 0.2) is 11.6 Å². The normalized spacial score (nSPS) is 18.5. The quantitative estimate of drug-likeness (QED) is 0.486. The molecular formula is C22H26N8. The number of imidazole rings is 1. The zero-order valence-electron chi connectivity index (χ0n) is 17.0. The lowest BCUT2D eigenvalue weighted by atomic mass is 9.93. The lowest BCUT2D eigenvalue weighted by Gasteiger charge is -2.27. The first-order valence-electron chi connectivity index (χ1n) is 11.0. The molecule has 0 aromatic carbocycles. The van der Waals surface area contributed by atoms with E-state index in [1.807, 2.05) is 18.5 Å². The van der Waals surface area contributed by atoms with Crippen molar-refractivity contribution in [3.8, 4) is 11.5 Å². The fourth-order valence-electron chi connectivity index (χ4n) is 4.82. The average Bonchev–Trinajstić information content (AvgIpc) is 3.43. The van der Waals surface area contributed by atoms with Crippen LogP contribution < -0.4 is 10.2 Å². The van der Waals surface area contributed by atoms with Gasteiger partial charge in [0, 0.05) is 36.3 Å². The van der Waals surface area contributed by atoms with Crippen molar-refractivity contribution < 1.29 is 0 Å². The van der Waals surface area contributed by atoms with Gasteiger partial charge in [0.1, 0.15) is 11.2 Å². The van der Waals surface area contributed by atoms with Crippen molar-refractivity contribution in [1.29, 1.82) is 0 Å². The van der Waals surface area contributed by atoms with Gasteiger partial charge >= 0.3 is 0 Å². The van der Waals surface area contributed by atoms with Crippen LogP contribution in [0.3, 0.4) is 0 Å². The van der Waals surface area contributed by atoms with Gasteiger partial charge in [0.05, 0.1) is 17.2 Å². The maximum Gasteiger partial charge on any atom is 0.159 e. The predicted molar refractivity (Wildman–Crippen MR) is 118 cm³/mol. The van der Waals surface area contributed by atoms with Crippen LogP contribution in [0.1, 0.15) is 43.7 Å². The van der Waals surface area contributed by atoms with E-state index in [0.29, 0.717) is 5.92 Å². The Balaban J connectivity index is 1.42. The topological polar surface area (TPSA) is 98.4 Å². The maximum absolute atomic E-state index is 4.95. The van der Waals surface area contributed by atoms with Gasteiger partial charge in [-0.25, -0.2) is 9.97 Å². The Hall–Kier alpha value is -3.00. The molecule has 0 radical (unpaired) electrons. The summed E-state index contributed by atoms with van der Waals surface area (Å²) in [6.07, 6.45) is 9.76. The second-order valence-corrected chi connectivity index (χ2v) is 8.42. The molecule has 8 nitrogen and oxygen atoms in total. The first-order chi connectivity index (χ1) is 14.9. The highest BCUT2D eigenvalue weighted by molar-refractivity contribution is 5.94. The zero-order chi connectivity index (χ0) is 19.9. The number of nitrogens with zero attached hydrogens (tertiary/aromatic N) is 5. The van der Waals surface area contributed by atoms with E-state index < -0.39 is 0 Å². The molecule has 0 amide bonds. The number of aromatic nitrogens is 6. The van der Waals surface area contributed by atoms with Gasteiger partial charge in [-0.2, -0.15) is 5.10 Å². The fourth-order valence-corrected chi connectivity index (χ4v) is 4.82. The van der Waals surface area contributed by atoms with E-state index in [4.69, 9.17) is 9.97 Å². The molecule has 0 saturated carbocycles. The van der Waals surface area contributed by atoms with Crippen molar-refractivity contribution in [2.24, 2.45) is 0 Å². The Kier molecular flexibility index (Phi) is 4.37. The minimum Gasteiger partial charge on any atom is -0.355 e. The third-order valence-electron chi connectivity index (χ3n) is 6.49. The highest BCUT2D eigenvalue weighted by atomic mass is 15.2. The highest BCUT2D eigenvalue weighted by Gasteiger charge is 2.21. The molecule has 8 heteroatoms. The number of hydrogen-bond donors (Lipinski definition) is 3. The predicted octanol–water partition coefficient (Wildman–Crippen LogP) is 3.35. The molecule has 0 bridgehead atoms. The number of fused-ring (bicyclic) bond motifs is 2. The van der Waals surface area contributed by atoms with E-state index in [1.54, 1.807) is 0 Å². The van der Waals surface area contributed by atoms with E-state index >= 15 is 0 Å². The first kappa shape index (κ1) is 17.8. The summed E-state index contributed by atoms with van der Waals surface area (Å²) in [5, 5.41) is 12.2. The average molecular weight is 403 g/mol. The number of H-pyrrole nitrogens is 2. The van der Waals surface area contributed by atoms with E-state index in [1.165, 1.54) is 19.3 Å². The minimum absolute atomic E-state index is 0.504. The lowest BCUT2D eigenvalue weighted by Crippen LogP contribution is -2.30. The summed E-state index contributed by atoms with van der Waals surface area (Å²) in [7, 11) is 0. The van der Waals surface area contributed by atoms with Gasteiger partial charge in [-0.15, -0.1) is 0 Å². The molecule has 2 fully saturated rings. The summed E-state index contributed by atoms with van der Waals surface area (Å²) in [6, 6.07) is 4.19. The Bertz CT molecular complexity index is 1180. The summed E-state index contributed by atoms with van der Waals surface area (Å²) in [4.78, 5) is 20.2. The fraction of sp³-hybridized carbons (Fsp3) is 0.455. The van der Waals surface area contributed by atoms with E-state index in [9.17, 15) is 0 Å². The number of aromatic amines is 2. The summed E-state index contributed by atoms with van der Waals surface area (Å²) < 4.78 is 0. The SMILES string of the molecule is c1cc2[nH]c(-c3n[nH]c4cnc(C5CCNCC5)cc34)nc2c(N2CCCCC2)n1. The van der Waals surface area contributed by atoms with Crippen LogP contribution >= 0.6 is 0 Å².